The Morgan fingerprint density at radius 3 is 2.94 bits per heavy atom. The van der Waals surface area contributed by atoms with E-state index < -0.39 is 0 Å². The first kappa shape index (κ1) is 12.2. The molecule has 1 aliphatic heterocycles. The van der Waals surface area contributed by atoms with Crippen LogP contribution in [0.2, 0.25) is 5.02 Å². The molecule has 1 aromatic carbocycles. The van der Waals surface area contributed by atoms with Crippen LogP contribution in [0.1, 0.15) is 25.8 Å². The molecular weight excluding hydrogens is 245 g/mol. The lowest BCUT2D eigenvalue weighted by molar-refractivity contribution is 0.485. The summed E-state index contributed by atoms with van der Waals surface area (Å²) in [7, 11) is 0. The number of nitrogens with one attached hydrogen (secondary N) is 1. The van der Waals surface area contributed by atoms with Gasteiger partial charge in [-0.15, -0.1) is 11.8 Å². The Balaban J connectivity index is 2.34. The molecule has 0 saturated carbocycles. The number of benzene rings is 1. The molecule has 4 heteroatoms. The van der Waals surface area contributed by atoms with Crippen molar-refractivity contribution in [1.82, 2.24) is 5.32 Å². The van der Waals surface area contributed by atoms with Crippen molar-refractivity contribution in [1.29, 1.82) is 0 Å². The van der Waals surface area contributed by atoms with Crippen LogP contribution in [0.4, 0.5) is 4.39 Å². The highest BCUT2D eigenvalue weighted by molar-refractivity contribution is 8.00. The van der Waals surface area contributed by atoms with Gasteiger partial charge in [0.2, 0.25) is 0 Å². The predicted octanol–water partition coefficient (Wildman–Crippen LogP) is 3.77. The van der Waals surface area contributed by atoms with E-state index in [-0.39, 0.29) is 10.7 Å². The van der Waals surface area contributed by atoms with Gasteiger partial charge in [-0.1, -0.05) is 24.6 Å². The molecule has 1 aliphatic rings. The van der Waals surface area contributed by atoms with Crippen molar-refractivity contribution in [2.24, 2.45) is 0 Å². The molecule has 0 spiro atoms. The van der Waals surface area contributed by atoms with E-state index in [0.717, 1.165) is 18.5 Å². The molecule has 88 valence electrons. The van der Waals surface area contributed by atoms with Gasteiger partial charge in [0.05, 0.1) is 4.87 Å². The number of hydrogen-bond acceptors (Lipinski definition) is 2. The number of rotatable bonds is 1. The molecule has 1 nitrogen and oxygen atoms in total. The third kappa shape index (κ3) is 2.36. The average molecular weight is 260 g/mol. The zero-order valence-electron chi connectivity index (χ0n) is 9.39. The van der Waals surface area contributed by atoms with E-state index >= 15 is 0 Å². The summed E-state index contributed by atoms with van der Waals surface area (Å²) in [6.07, 6.45) is 1.15. The van der Waals surface area contributed by atoms with E-state index in [2.05, 4.69) is 19.2 Å². The molecule has 1 fully saturated rings. The Morgan fingerprint density at radius 1 is 1.56 bits per heavy atom. The summed E-state index contributed by atoms with van der Waals surface area (Å²) in [6, 6.07) is 4.62. The van der Waals surface area contributed by atoms with Gasteiger partial charge in [0, 0.05) is 15.8 Å². The Bertz CT molecular complexity index is 399. The van der Waals surface area contributed by atoms with Gasteiger partial charge >= 0.3 is 0 Å². The molecule has 0 aromatic heterocycles. The lowest BCUT2D eigenvalue weighted by atomic mass is 10.1. The Kier molecular flexibility index (Phi) is 3.48. The van der Waals surface area contributed by atoms with Crippen molar-refractivity contribution in [3.05, 3.63) is 34.6 Å². The molecule has 2 atom stereocenters. The van der Waals surface area contributed by atoms with Crippen molar-refractivity contribution in [2.75, 3.05) is 6.54 Å². The summed E-state index contributed by atoms with van der Waals surface area (Å²) in [4.78, 5) is -0.206. The standard InChI is InChI=1S/C12H15ClFNS/c1-8-5-6-15-12(2,16-8)10-4-3-9(14)7-11(10)13/h3-4,7-8,15H,5-6H2,1-2H3. The first-order valence-corrected chi connectivity index (χ1v) is 6.65. The van der Waals surface area contributed by atoms with Crippen molar-refractivity contribution < 1.29 is 4.39 Å². The van der Waals surface area contributed by atoms with Gasteiger partial charge in [-0.05, 0) is 32.0 Å². The highest BCUT2D eigenvalue weighted by Gasteiger charge is 2.33. The summed E-state index contributed by atoms with van der Waals surface area (Å²) in [6.45, 7) is 5.28. The summed E-state index contributed by atoms with van der Waals surface area (Å²) in [5.74, 6) is -0.286. The summed E-state index contributed by atoms with van der Waals surface area (Å²) in [5, 5.41) is 4.55. The molecule has 0 radical (unpaired) electrons. The second-order valence-electron chi connectivity index (χ2n) is 4.30. The molecule has 1 saturated heterocycles. The minimum atomic E-state index is -0.286. The topological polar surface area (TPSA) is 12.0 Å². The van der Waals surface area contributed by atoms with Crippen molar-refractivity contribution >= 4 is 23.4 Å². The van der Waals surface area contributed by atoms with Gasteiger partial charge in [0.15, 0.2) is 0 Å². The number of hydrogen-bond donors (Lipinski definition) is 1. The van der Waals surface area contributed by atoms with E-state index in [4.69, 9.17) is 11.6 Å². The van der Waals surface area contributed by atoms with Crippen LogP contribution in [0.3, 0.4) is 0 Å². The molecule has 1 aromatic rings. The van der Waals surface area contributed by atoms with Gasteiger partial charge in [-0.25, -0.2) is 4.39 Å². The largest absolute Gasteiger partial charge is 0.299 e. The van der Waals surface area contributed by atoms with Gasteiger partial charge < -0.3 is 0 Å². The van der Waals surface area contributed by atoms with Crippen LogP contribution >= 0.6 is 23.4 Å². The first-order valence-electron chi connectivity index (χ1n) is 5.39. The van der Waals surface area contributed by atoms with E-state index in [1.165, 1.54) is 12.1 Å². The maximum atomic E-state index is 13.0. The zero-order valence-corrected chi connectivity index (χ0v) is 11.0. The molecule has 0 amide bonds. The minimum Gasteiger partial charge on any atom is -0.299 e. The molecule has 16 heavy (non-hydrogen) atoms. The maximum Gasteiger partial charge on any atom is 0.124 e. The van der Waals surface area contributed by atoms with Gasteiger partial charge in [0.25, 0.3) is 0 Å². The highest BCUT2D eigenvalue weighted by Crippen LogP contribution is 2.42. The lowest BCUT2D eigenvalue weighted by Gasteiger charge is -2.38. The predicted molar refractivity (Wildman–Crippen MR) is 68.4 cm³/mol. The Morgan fingerprint density at radius 2 is 2.31 bits per heavy atom. The van der Waals surface area contributed by atoms with Crippen molar-refractivity contribution in [3.8, 4) is 0 Å². The highest BCUT2D eigenvalue weighted by atomic mass is 35.5. The van der Waals surface area contributed by atoms with E-state index in [0.29, 0.717) is 10.3 Å². The lowest BCUT2D eigenvalue weighted by Crippen LogP contribution is -2.43. The Labute approximate surface area is 105 Å². The number of halogens is 2. The molecule has 0 aliphatic carbocycles. The molecule has 2 unspecified atom stereocenters. The minimum absolute atomic E-state index is 0.206. The fourth-order valence-electron chi connectivity index (χ4n) is 2.05. The average Bonchev–Trinajstić information content (AvgIpc) is 2.16. The second-order valence-corrected chi connectivity index (χ2v) is 6.57. The van der Waals surface area contributed by atoms with Crippen molar-refractivity contribution in [3.63, 3.8) is 0 Å². The monoisotopic (exact) mass is 259 g/mol. The van der Waals surface area contributed by atoms with Crippen LogP contribution in [0.5, 0.6) is 0 Å². The smallest absolute Gasteiger partial charge is 0.124 e. The maximum absolute atomic E-state index is 13.0. The zero-order chi connectivity index (χ0) is 11.8. The van der Waals surface area contributed by atoms with Crippen molar-refractivity contribution in [2.45, 2.75) is 30.4 Å². The van der Waals surface area contributed by atoms with Gasteiger partial charge in [0.1, 0.15) is 5.82 Å². The SMILES string of the molecule is CC1CCNC(C)(c2ccc(F)cc2Cl)S1. The molecule has 2 rings (SSSR count). The summed E-state index contributed by atoms with van der Waals surface area (Å²) >= 11 is 7.95. The van der Waals surface area contributed by atoms with E-state index in [1.807, 2.05) is 11.8 Å². The molecule has 1 N–H and O–H groups in total. The molecular formula is C12H15ClFNS. The van der Waals surface area contributed by atoms with Crippen LogP contribution in [0.25, 0.3) is 0 Å². The Hall–Kier alpha value is -0.250. The van der Waals surface area contributed by atoms with E-state index in [1.54, 1.807) is 6.07 Å². The number of thioether (sulfide) groups is 1. The molecule has 1 heterocycles. The third-order valence-electron chi connectivity index (χ3n) is 2.90. The van der Waals surface area contributed by atoms with Gasteiger partial charge in [-0.2, -0.15) is 0 Å². The third-order valence-corrected chi connectivity index (χ3v) is 4.68. The quantitative estimate of drug-likeness (QED) is 0.824. The fourth-order valence-corrected chi connectivity index (χ4v) is 4.00. The normalized spacial score (nSPS) is 30.4. The fraction of sp³-hybridized carbons (Fsp3) is 0.500. The van der Waals surface area contributed by atoms with E-state index in [9.17, 15) is 4.39 Å². The van der Waals surface area contributed by atoms with Gasteiger partial charge in [-0.3, -0.25) is 5.32 Å². The summed E-state index contributed by atoms with van der Waals surface area (Å²) in [5.41, 5.74) is 0.965. The van der Waals surface area contributed by atoms with Crippen LogP contribution < -0.4 is 5.32 Å². The second kappa shape index (κ2) is 4.55. The first-order chi connectivity index (χ1) is 7.51. The van der Waals surface area contributed by atoms with Crippen LogP contribution in [0, 0.1) is 5.82 Å². The molecule has 0 bridgehead atoms. The van der Waals surface area contributed by atoms with Crippen LogP contribution in [0.15, 0.2) is 18.2 Å². The van der Waals surface area contributed by atoms with Crippen LogP contribution in [-0.2, 0) is 4.87 Å². The van der Waals surface area contributed by atoms with Crippen LogP contribution in [-0.4, -0.2) is 11.8 Å². The summed E-state index contributed by atoms with van der Waals surface area (Å²) < 4.78 is 13.0.